The number of rotatable bonds is 6. The molecule has 0 radical (unpaired) electrons. The molecule has 4 rings (SSSR count). The molecule has 1 N–H and O–H groups in total. The van der Waals surface area contributed by atoms with Crippen molar-refractivity contribution in [3.05, 3.63) is 70.8 Å². The van der Waals surface area contributed by atoms with E-state index in [4.69, 9.17) is 4.74 Å². The van der Waals surface area contributed by atoms with E-state index in [1.165, 1.54) is 23.8 Å². The summed E-state index contributed by atoms with van der Waals surface area (Å²) in [5.74, 6) is 0.339. The van der Waals surface area contributed by atoms with Gasteiger partial charge in [-0.3, -0.25) is 4.79 Å². The monoisotopic (exact) mass is 461 g/mol. The van der Waals surface area contributed by atoms with Gasteiger partial charge in [0.25, 0.3) is 0 Å². The lowest BCUT2D eigenvalue weighted by Crippen LogP contribution is -2.57. The van der Waals surface area contributed by atoms with Crippen LogP contribution in [0.4, 0.5) is 0 Å². The Balaban J connectivity index is 1.61. The minimum atomic E-state index is -0.686. The molecule has 0 spiro atoms. The number of benzene rings is 2. The van der Waals surface area contributed by atoms with Crippen molar-refractivity contribution in [3.63, 3.8) is 0 Å². The van der Waals surface area contributed by atoms with Crippen LogP contribution < -0.4 is 5.32 Å². The molecule has 2 aliphatic carbocycles. The van der Waals surface area contributed by atoms with Gasteiger partial charge in [0, 0.05) is 6.42 Å². The molecule has 0 aromatic heterocycles. The van der Waals surface area contributed by atoms with Crippen LogP contribution in [0.15, 0.2) is 48.5 Å². The fourth-order valence-electron chi connectivity index (χ4n) is 6.65. The lowest BCUT2D eigenvalue weighted by Gasteiger charge is -2.54. The summed E-state index contributed by atoms with van der Waals surface area (Å²) >= 11 is 0. The average molecular weight is 462 g/mol. The van der Waals surface area contributed by atoms with Crippen LogP contribution in [0.25, 0.3) is 0 Å². The van der Waals surface area contributed by atoms with Crippen LogP contribution in [0.2, 0.25) is 0 Å². The predicted octanol–water partition coefficient (Wildman–Crippen LogP) is 5.72. The normalized spacial score (nSPS) is 26.8. The summed E-state index contributed by atoms with van der Waals surface area (Å²) in [6, 6.07) is 16.1. The topological polar surface area (TPSA) is 55.4 Å². The van der Waals surface area contributed by atoms with Crippen molar-refractivity contribution in [2.24, 2.45) is 11.3 Å². The zero-order valence-electron chi connectivity index (χ0n) is 21.3. The first-order chi connectivity index (χ1) is 16.2. The maximum Gasteiger partial charge on any atom is 0.328 e. The maximum absolute atomic E-state index is 13.9. The van der Waals surface area contributed by atoms with Crippen molar-refractivity contribution in [2.45, 2.75) is 83.6 Å². The molecule has 0 bridgehead atoms. The van der Waals surface area contributed by atoms with Gasteiger partial charge >= 0.3 is 5.97 Å². The molecule has 0 saturated heterocycles. The number of fused-ring (bicyclic) bond motifs is 3. The molecule has 34 heavy (non-hydrogen) atoms. The van der Waals surface area contributed by atoms with Gasteiger partial charge in [-0.25, -0.2) is 4.79 Å². The Labute approximate surface area is 204 Å². The van der Waals surface area contributed by atoms with Crippen LogP contribution in [-0.2, 0) is 32.6 Å². The molecule has 0 heterocycles. The second kappa shape index (κ2) is 9.56. The lowest BCUT2D eigenvalue weighted by molar-refractivity contribution is -0.149. The summed E-state index contributed by atoms with van der Waals surface area (Å²) < 4.78 is 5.06. The van der Waals surface area contributed by atoms with Crippen LogP contribution >= 0.6 is 0 Å². The highest BCUT2D eigenvalue weighted by molar-refractivity contribution is 5.88. The lowest BCUT2D eigenvalue weighted by atomic mass is 9.49. The second-order valence-corrected chi connectivity index (χ2v) is 11.1. The first-order valence-electron chi connectivity index (χ1n) is 12.7. The smallest absolute Gasteiger partial charge is 0.328 e. The molecule has 4 atom stereocenters. The first kappa shape index (κ1) is 24.5. The Bertz CT molecular complexity index is 1050. The van der Waals surface area contributed by atoms with Gasteiger partial charge in [0.05, 0.1) is 12.5 Å². The van der Waals surface area contributed by atoms with E-state index in [2.05, 4.69) is 51.2 Å². The Morgan fingerprint density at radius 1 is 1.09 bits per heavy atom. The van der Waals surface area contributed by atoms with Crippen molar-refractivity contribution in [3.8, 4) is 0 Å². The number of amides is 1. The third-order valence-corrected chi connectivity index (χ3v) is 8.64. The highest BCUT2D eigenvalue weighted by atomic mass is 16.5. The van der Waals surface area contributed by atoms with E-state index < -0.39 is 17.4 Å². The average Bonchev–Trinajstić information content (AvgIpc) is 2.83. The van der Waals surface area contributed by atoms with Gasteiger partial charge in [-0.05, 0) is 65.2 Å². The van der Waals surface area contributed by atoms with E-state index in [1.54, 1.807) is 0 Å². The Hall–Kier alpha value is -2.62. The SMILES string of the molecule is COC(=O)[C@H](Cc1ccccc1)NC(=O)[C@]1(C)CCC[C@]2(C)c3ccc(C(C)C)cc3CC[C@@H]12. The van der Waals surface area contributed by atoms with Gasteiger partial charge in [0.2, 0.25) is 5.91 Å². The molecule has 1 fully saturated rings. The summed E-state index contributed by atoms with van der Waals surface area (Å²) in [4.78, 5) is 26.5. The van der Waals surface area contributed by atoms with Gasteiger partial charge in [-0.15, -0.1) is 0 Å². The number of nitrogens with one attached hydrogen (secondary N) is 1. The second-order valence-electron chi connectivity index (χ2n) is 11.1. The van der Waals surface area contributed by atoms with Crippen LogP contribution in [-0.4, -0.2) is 25.0 Å². The Kier molecular flexibility index (Phi) is 6.89. The molecular weight excluding hydrogens is 422 g/mol. The van der Waals surface area contributed by atoms with E-state index in [0.717, 1.165) is 37.7 Å². The molecule has 0 aliphatic heterocycles. The van der Waals surface area contributed by atoms with E-state index in [9.17, 15) is 9.59 Å². The van der Waals surface area contributed by atoms with Gasteiger partial charge in [-0.1, -0.05) is 82.6 Å². The first-order valence-corrected chi connectivity index (χ1v) is 12.7. The number of carbonyl (C=O) groups excluding carboxylic acids is 2. The summed E-state index contributed by atoms with van der Waals surface area (Å²) in [7, 11) is 1.38. The number of carbonyl (C=O) groups is 2. The number of ether oxygens (including phenoxy) is 1. The molecular formula is C30H39NO3. The van der Waals surface area contributed by atoms with Gasteiger partial charge < -0.3 is 10.1 Å². The number of hydrogen-bond donors (Lipinski definition) is 1. The minimum Gasteiger partial charge on any atom is -0.467 e. The minimum absolute atomic E-state index is 0.0167. The molecule has 4 heteroatoms. The van der Waals surface area contributed by atoms with Crippen molar-refractivity contribution in [1.82, 2.24) is 5.32 Å². The molecule has 0 unspecified atom stereocenters. The summed E-state index contributed by atoms with van der Waals surface area (Å²) in [5, 5.41) is 3.11. The van der Waals surface area contributed by atoms with Crippen molar-refractivity contribution in [2.75, 3.05) is 7.11 Å². The third kappa shape index (κ3) is 4.39. The number of esters is 1. The highest BCUT2D eigenvalue weighted by Gasteiger charge is 2.55. The van der Waals surface area contributed by atoms with Crippen LogP contribution in [0.5, 0.6) is 0 Å². The van der Waals surface area contributed by atoms with Crippen molar-refractivity contribution < 1.29 is 14.3 Å². The summed E-state index contributed by atoms with van der Waals surface area (Å²) in [6.45, 7) is 8.96. The van der Waals surface area contributed by atoms with Gasteiger partial charge in [0.1, 0.15) is 6.04 Å². The van der Waals surface area contributed by atoms with E-state index in [1.807, 2.05) is 30.3 Å². The van der Waals surface area contributed by atoms with Crippen LogP contribution in [0.3, 0.4) is 0 Å². The predicted molar refractivity (Wildman–Crippen MR) is 136 cm³/mol. The third-order valence-electron chi connectivity index (χ3n) is 8.64. The molecule has 4 nitrogen and oxygen atoms in total. The molecule has 1 amide bonds. The van der Waals surface area contributed by atoms with Crippen LogP contribution in [0, 0.1) is 11.3 Å². The van der Waals surface area contributed by atoms with Crippen LogP contribution in [0.1, 0.15) is 81.5 Å². The Morgan fingerprint density at radius 2 is 1.82 bits per heavy atom. The van der Waals surface area contributed by atoms with Gasteiger partial charge in [0.15, 0.2) is 0 Å². The largest absolute Gasteiger partial charge is 0.467 e. The zero-order chi connectivity index (χ0) is 24.5. The fraction of sp³-hybridized carbons (Fsp3) is 0.533. The molecule has 2 aliphatic rings. The standard InChI is InChI=1S/C30H39NO3/c1-20(2)22-12-14-24-23(19-22)13-15-26-29(24,3)16-9-17-30(26,4)28(33)31-25(27(32)34-5)18-21-10-7-6-8-11-21/h6-8,10-12,14,19-20,25-26H,9,13,15-18H2,1-5H3,(H,31,33)/t25-,26+,29+,30+/m0/s1. The molecule has 2 aromatic carbocycles. The zero-order valence-corrected chi connectivity index (χ0v) is 21.3. The summed E-state index contributed by atoms with van der Waals surface area (Å²) in [5.41, 5.74) is 4.70. The quantitative estimate of drug-likeness (QED) is 0.560. The van der Waals surface area contributed by atoms with Crippen molar-refractivity contribution in [1.29, 1.82) is 0 Å². The maximum atomic E-state index is 13.9. The highest BCUT2D eigenvalue weighted by Crippen LogP contribution is 2.57. The van der Waals surface area contributed by atoms with Crippen molar-refractivity contribution >= 4 is 11.9 Å². The fourth-order valence-corrected chi connectivity index (χ4v) is 6.65. The Morgan fingerprint density at radius 3 is 2.50 bits per heavy atom. The van der Waals surface area contributed by atoms with Gasteiger partial charge in [-0.2, -0.15) is 0 Å². The molecule has 2 aromatic rings. The number of hydrogen-bond acceptors (Lipinski definition) is 3. The van der Waals surface area contributed by atoms with E-state index in [-0.39, 0.29) is 17.2 Å². The van der Waals surface area contributed by atoms with E-state index in [0.29, 0.717) is 12.3 Å². The molecule has 1 saturated carbocycles. The molecule has 182 valence electrons. The number of aryl methyl sites for hydroxylation is 1. The van der Waals surface area contributed by atoms with E-state index >= 15 is 0 Å². The number of methoxy groups -OCH3 is 1. The summed E-state index contributed by atoms with van der Waals surface area (Å²) in [6.07, 6.45) is 5.37.